The third kappa shape index (κ3) is 7.33. The number of nitrogens with zero attached hydrogens (tertiary/aromatic N) is 3. The van der Waals surface area contributed by atoms with Crippen molar-refractivity contribution in [2.24, 2.45) is 0 Å². The van der Waals surface area contributed by atoms with Crippen molar-refractivity contribution in [2.45, 2.75) is 58.6 Å². The third-order valence-corrected chi connectivity index (χ3v) is 7.88. The van der Waals surface area contributed by atoms with E-state index < -0.39 is 5.60 Å². The van der Waals surface area contributed by atoms with Gasteiger partial charge in [0.25, 0.3) is 5.91 Å². The molecule has 7 heteroatoms. The standard InChI is InChI=1S/C37H44N4O3/c1-5-6-22-38-32-19-13-14-20-33(32)41-23-21-31(34(41)29-17-11-8-12-18-29)35(42)40-25-24-39(36(43)44-37(2,3)4)27-30(40)26-28-15-9-7-10-16-28/h7-21,23,30,38H,5-6,22,24-27H2,1-4H3. The Morgan fingerprint density at radius 1 is 0.886 bits per heavy atom. The van der Waals surface area contributed by atoms with Gasteiger partial charge in [-0.25, -0.2) is 4.79 Å². The molecule has 1 atom stereocenters. The molecule has 2 heterocycles. The predicted molar refractivity (Wildman–Crippen MR) is 177 cm³/mol. The first-order valence-electron chi connectivity index (χ1n) is 15.7. The molecule has 44 heavy (non-hydrogen) atoms. The molecule has 0 radical (unpaired) electrons. The summed E-state index contributed by atoms with van der Waals surface area (Å²) < 4.78 is 7.83. The number of para-hydroxylation sites is 2. The fourth-order valence-corrected chi connectivity index (χ4v) is 5.76. The summed E-state index contributed by atoms with van der Waals surface area (Å²) in [6, 6.07) is 30.2. The highest BCUT2D eigenvalue weighted by atomic mass is 16.6. The van der Waals surface area contributed by atoms with Crippen LogP contribution in [0.5, 0.6) is 0 Å². The summed E-state index contributed by atoms with van der Waals surface area (Å²) in [4.78, 5) is 31.4. The van der Waals surface area contributed by atoms with Crippen LogP contribution >= 0.6 is 0 Å². The maximum Gasteiger partial charge on any atom is 0.410 e. The molecular weight excluding hydrogens is 548 g/mol. The van der Waals surface area contributed by atoms with E-state index in [0.29, 0.717) is 31.6 Å². The van der Waals surface area contributed by atoms with Crippen molar-refractivity contribution in [3.05, 3.63) is 108 Å². The molecule has 1 saturated heterocycles. The average Bonchev–Trinajstić information content (AvgIpc) is 3.46. The summed E-state index contributed by atoms with van der Waals surface area (Å²) in [6.45, 7) is 9.93. The van der Waals surface area contributed by atoms with Gasteiger partial charge in [-0.05, 0) is 62.9 Å². The summed E-state index contributed by atoms with van der Waals surface area (Å²) in [5.41, 5.74) is 5.02. The molecule has 1 fully saturated rings. The Bertz CT molecular complexity index is 1540. The summed E-state index contributed by atoms with van der Waals surface area (Å²) >= 11 is 0. The van der Waals surface area contributed by atoms with E-state index in [4.69, 9.17) is 4.74 Å². The molecule has 1 aliphatic rings. The quantitative estimate of drug-likeness (QED) is 0.203. The smallest absolute Gasteiger partial charge is 0.410 e. The summed E-state index contributed by atoms with van der Waals surface area (Å²) in [5.74, 6) is -0.0382. The van der Waals surface area contributed by atoms with Gasteiger partial charge in [0.1, 0.15) is 5.60 Å². The second kappa shape index (κ2) is 13.8. The lowest BCUT2D eigenvalue weighted by molar-refractivity contribution is 0.00440. The molecule has 0 spiro atoms. The highest BCUT2D eigenvalue weighted by Gasteiger charge is 2.36. The minimum absolute atomic E-state index is 0.0382. The molecule has 0 bridgehead atoms. The van der Waals surface area contributed by atoms with E-state index in [1.807, 2.05) is 86.5 Å². The number of piperazine rings is 1. The normalized spacial score (nSPS) is 15.2. The van der Waals surface area contributed by atoms with Crippen molar-refractivity contribution in [1.82, 2.24) is 14.4 Å². The largest absolute Gasteiger partial charge is 0.444 e. The van der Waals surface area contributed by atoms with Crippen molar-refractivity contribution in [2.75, 3.05) is 31.5 Å². The van der Waals surface area contributed by atoms with E-state index in [1.165, 1.54) is 0 Å². The fraction of sp³-hybridized carbons (Fsp3) is 0.351. The lowest BCUT2D eigenvalue weighted by Gasteiger charge is -2.42. The first-order chi connectivity index (χ1) is 21.2. The van der Waals surface area contributed by atoms with Crippen molar-refractivity contribution in [3.8, 4) is 16.9 Å². The van der Waals surface area contributed by atoms with Crippen LogP contribution < -0.4 is 5.32 Å². The van der Waals surface area contributed by atoms with E-state index in [9.17, 15) is 9.59 Å². The first kappa shape index (κ1) is 30.9. The van der Waals surface area contributed by atoms with Gasteiger partial charge in [0, 0.05) is 32.4 Å². The van der Waals surface area contributed by atoms with Gasteiger partial charge < -0.3 is 24.4 Å². The molecule has 2 amide bonds. The monoisotopic (exact) mass is 592 g/mol. The number of amides is 2. The van der Waals surface area contributed by atoms with Crippen molar-refractivity contribution in [1.29, 1.82) is 0 Å². The number of anilines is 1. The van der Waals surface area contributed by atoms with Gasteiger partial charge >= 0.3 is 6.09 Å². The zero-order valence-corrected chi connectivity index (χ0v) is 26.3. The van der Waals surface area contributed by atoms with E-state index in [0.717, 1.165) is 47.6 Å². The summed E-state index contributed by atoms with van der Waals surface area (Å²) in [7, 11) is 0. The Hall–Kier alpha value is -4.52. The van der Waals surface area contributed by atoms with Crippen LogP contribution in [-0.2, 0) is 11.2 Å². The highest BCUT2D eigenvalue weighted by Crippen LogP contribution is 2.33. The van der Waals surface area contributed by atoms with Crippen LogP contribution in [0.1, 0.15) is 56.5 Å². The molecule has 1 unspecified atom stereocenters. The SMILES string of the molecule is CCCCNc1ccccc1-n1ccc(C(=O)N2CCN(C(=O)OC(C)(C)C)CC2Cc2ccccc2)c1-c1ccccc1. The zero-order valence-electron chi connectivity index (χ0n) is 26.3. The van der Waals surface area contributed by atoms with Gasteiger partial charge in [-0.3, -0.25) is 4.79 Å². The number of benzene rings is 3. The first-order valence-corrected chi connectivity index (χ1v) is 15.7. The third-order valence-electron chi connectivity index (χ3n) is 7.88. The highest BCUT2D eigenvalue weighted by molar-refractivity contribution is 6.01. The lowest BCUT2D eigenvalue weighted by atomic mass is 10.00. The molecule has 230 valence electrons. The Morgan fingerprint density at radius 3 is 2.27 bits per heavy atom. The minimum atomic E-state index is -0.589. The molecule has 1 aromatic heterocycles. The van der Waals surface area contributed by atoms with E-state index in [1.54, 1.807) is 4.90 Å². The van der Waals surface area contributed by atoms with Gasteiger partial charge in [0.05, 0.1) is 28.7 Å². The van der Waals surface area contributed by atoms with E-state index in [-0.39, 0.29) is 18.0 Å². The van der Waals surface area contributed by atoms with Gasteiger partial charge in [0.2, 0.25) is 0 Å². The number of nitrogens with one attached hydrogen (secondary N) is 1. The van der Waals surface area contributed by atoms with Crippen LogP contribution in [0, 0.1) is 0 Å². The Morgan fingerprint density at radius 2 is 1.57 bits per heavy atom. The minimum Gasteiger partial charge on any atom is -0.444 e. The number of carbonyl (C=O) groups excluding carboxylic acids is 2. The number of hydrogen-bond acceptors (Lipinski definition) is 4. The van der Waals surface area contributed by atoms with Crippen molar-refractivity contribution in [3.63, 3.8) is 0 Å². The molecule has 3 aromatic carbocycles. The van der Waals surface area contributed by atoms with E-state index in [2.05, 4.69) is 53.2 Å². The number of aromatic nitrogens is 1. The fourth-order valence-electron chi connectivity index (χ4n) is 5.76. The molecule has 4 aromatic rings. The van der Waals surface area contributed by atoms with Crippen LogP contribution in [0.2, 0.25) is 0 Å². The van der Waals surface area contributed by atoms with Crippen LogP contribution in [0.25, 0.3) is 16.9 Å². The molecule has 5 rings (SSSR count). The number of hydrogen-bond donors (Lipinski definition) is 1. The van der Waals surface area contributed by atoms with Crippen LogP contribution in [0.3, 0.4) is 0 Å². The van der Waals surface area contributed by atoms with Crippen molar-refractivity contribution >= 4 is 17.7 Å². The van der Waals surface area contributed by atoms with E-state index >= 15 is 0 Å². The second-order valence-electron chi connectivity index (χ2n) is 12.4. The van der Waals surface area contributed by atoms with Gasteiger partial charge in [-0.15, -0.1) is 0 Å². The summed E-state index contributed by atoms with van der Waals surface area (Å²) in [6.07, 6.45) is 4.48. The Labute approximate surface area is 261 Å². The Balaban J connectivity index is 1.52. The van der Waals surface area contributed by atoms with Crippen LogP contribution in [0.4, 0.5) is 10.5 Å². The van der Waals surface area contributed by atoms with Gasteiger partial charge in [-0.1, -0.05) is 86.1 Å². The second-order valence-corrected chi connectivity index (χ2v) is 12.4. The molecule has 1 aliphatic heterocycles. The van der Waals surface area contributed by atoms with Crippen LogP contribution in [-0.4, -0.2) is 64.2 Å². The maximum atomic E-state index is 14.6. The average molecular weight is 593 g/mol. The molecule has 1 N–H and O–H groups in total. The summed E-state index contributed by atoms with van der Waals surface area (Å²) in [5, 5.41) is 3.59. The van der Waals surface area contributed by atoms with Gasteiger partial charge in [0.15, 0.2) is 0 Å². The lowest BCUT2D eigenvalue weighted by Crippen LogP contribution is -2.57. The predicted octanol–water partition coefficient (Wildman–Crippen LogP) is 7.66. The topological polar surface area (TPSA) is 66.8 Å². The molecular formula is C37H44N4O3. The number of unbranched alkanes of at least 4 members (excludes halogenated alkanes) is 1. The molecule has 0 saturated carbocycles. The maximum absolute atomic E-state index is 14.6. The zero-order chi connectivity index (χ0) is 31.1. The molecule has 7 nitrogen and oxygen atoms in total. The number of carbonyl (C=O) groups is 2. The number of rotatable bonds is 9. The number of ether oxygens (including phenoxy) is 1. The molecule has 0 aliphatic carbocycles. The van der Waals surface area contributed by atoms with Crippen LogP contribution in [0.15, 0.2) is 97.2 Å². The van der Waals surface area contributed by atoms with Crippen molar-refractivity contribution < 1.29 is 14.3 Å². The van der Waals surface area contributed by atoms with Gasteiger partial charge in [-0.2, -0.15) is 0 Å². The Kier molecular flexibility index (Phi) is 9.73.